The Morgan fingerprint density at radius 1 is 1.19 bits per heavy atom. The van der Waals surface area contributed by atoms with Crippen molar-refractivity contribution in [2.45, 2.75) is 38.3 Å². The van der Waals surface area contributed by atoms with Crippen LogP contribution in [-0.2, 0) is 6.54 Å². The summed E-state index contributed by atoms with van der Waals surface area (Å²) in [6.45, 7) is 0.848. The van der Waals surface area contributed by atoms with Crippen LogP contribution in [0.25, 0.3) is 0 Å². The highest BCUT2D eigenvalue weighted by atomic mass is 35.5. The Balaban J connectivity index is 0.00000128. The zero-order chi connectivity index (χ0) is 10.7. The molecule has 0 aromatic heterocycles. The Kier molecular flexibility index (Phi) is 5.91. The molecular formula is C12H15Cl3N-. The molecule has 0 aliphatic heterocycles. The number of halogens is 3. The molecule has 0 bridgehead atoms. The second kappa shape index (κ2) is 6.70. The highest BCUT2D eigenvalue weighted by Crippen LogP contribution is 2.22. The Labute approximate surface area is 113 Å². The van der Waals surface area contributed by atoms with Crippen LogP contribution in [0.1, 0.15) is 31.2 Å². The highest BCUT2D eigenvalue weighted by Gasteiger charge is 2.14. The van der Waals surface area contributed by atoms with Crippen molar-refractivity contribution in [3.05, 3.63) is 33.8 Å². The van der Waals surface area contributed by atoms with Crippen molar-refractivity contribution in [1.29, 1.82) is 0 Å². The van der Waals surface area contributed by atoms with Crippen LogP contribution in [0, 0.1) is 0 Å². The van der Waals surface area contributed by atoms with E-state index in [2.05, 4.69) is 5.32 Å². The van der Waals surface area contributed by atoms with Crippen LogP contribution in [0.5, 0.6) is 0 Å². The first kappa shape index (κ1) is 14.1. The van der Waals surface area contributed by atoms with Gasteiger partial charge in [-0.2, -0.15) is 0 Å². The molecule has 0 atom stereocenters. The normalized spacial score (nSPS) is 16.1. The Bertz CT molecular complexity index is 335. The first-order chi connectivity index (χ1) is 7.25. The molecular weight excluding hydrogens is 264 g/mol. The maximum absolute atomic E-state index is 6.09. The molecule has 1 nitrogen and oxygen atoms in total. The lowest BCUT2D eigenvalue weighted by atomic mass is 10.2. The fourth-order valence-electron chi connectivity index (χ4n) is 2.05. The summed E-state index contributed by atoms with van der Waals surface area (Å²) >= 11 is 11.9. The number of rotatable bonds is 3. The minimum atomic E-state index is 0. The van der Waals surface area contributed by atoms with E-state index in [1.54, 1.807) is 6.07 Å². The monoisotopic (exact) mass is 278 g/mol. The number of hydrogen-bond acceptors (Lipinski definition) is 1. The average molecular weight is 280 g/mol. The molecule has 1 aliphatic carbocycles. The third-order valence-electron chi connectivity index (χ3n) is 2.95. The Morgan fingerprint density at radius 3 is 2.50 bits per heavy atom. The molecule has 2 rings (SSSR count). The van der Waals surface area contributed by atoms with Crippen LogP contribution in [0.2, 0.25) is 10.0 Å². The van der Waals surface area contributed by atoms with Gasteiger partial charge in [0.2, 0.25) is 0 Å². The lowest BCUT2D eigenvalue weighted by Gasteiger charge is -2.12. The molecule has 1 aromatic rings. The molecule has 0 unspecified atom stereocenters. The summed E-state index contributed by atoms with van der Waals surface area (Å²) in [5.74, 6) is 0. The van der Waals surface area contributed by atoms with Gasteiger partial charge in [0.15, 0.2) is 0 Å². The largest absolute Gasteiger partial charge is 1.00 e. The van der Waals surface area contributed by atoms with E-state index in [4.69, 9.17) is 23.2 Å². The topological polar surface area (TPSA) is 12.0 Å². The summed E-state index contributed by atoms with van der Waals surface area (Å²) < 4.78 is 0. The van der Waals surface area contributed by atoms with Crippen LogP contribution in [0.15, 0.2) is 18.2 Å². The van der Waals surface area contributed by atoms with Crippen molar-refractivity contribution in [3.63, 3.8) is 0 Å². The summed E-state index contributed by atoms with van der Waals surface area (Å²) in [6.07, 6.45) is 5.30. The minimum absolute atomic E-state index is 0. The van der Waals surface area contributed by atoms with Crippen molar-refractivity contribution in [1.82, 2.24) is 5.32 Å². The smallest absolute Gasteiger partial charge is 0.0465 e. The van der Waals surface area contributed by atoms with Crippen molar-refractivity contribution >= 4 is 23.2 Å². The number of hydrogen-bond donors (Lipinski definition) is 1. The van der Waals surface area contributed by atoms with Gasteiger partial charge >= 0.3 is 0 Å². The molecule has 1 fully saturated rings. The van der Waals surface area contributed by atoms with Crippen molar-refractivity contribution in [3.8, 4) is 0 Å². The second-order valence-corrected chi connectivity index (χ2v) is 4.94. The molecule has 4 heteroatoms. The summed E-state index contributed by atoms with van der Waals surface area (Å²) in [7, 11) is 0. The van der Waals surface area contributed by atoms with Crippen molar-refractivity contribution < 1.29 is 12.4 Å². The van der Waals surface area contributed by atoms with E-state index < -0.39 is 0 Å². The summed E-state index contributed by atoms with van der Waals surface area (Å²) in [4.78, 5) is 0. The lowest BCUT2D eigenvalue weighted by Crippen LogP contribution is -3.00. The molecule has 0 radical (unpaired) electrons. The fourth-order valence-corrected chi connectivity index (χ4v) is 2.52. The van der Waals surface area contributed by atoms with Crippen LogP contribution in [-0.4, -0.2) is 6.04 Å². The van der Waals surface area contributed by atoms with Gasteiger partial charge in [-0.1, -0.05) is 42.1 Å². The van der Waals surface area contributed by atoms with Crippen molar-refractivity contribution in [2.75, 3.05) is 0 Å². The van der Waals surface area contributed by atoms with E-state index >= 15 is 0 Å². The molecule has 16 heavy (non-hydrogen) atoms. The van der Waals surface area contributed by atoms with E-state index in [1.807, 2.05) is 12.1 Å². The van der Waals surface area contributed by atoms with Crippen LogP contribution in [0.4, 0.5) is 0 Å². The molecule has 0 saturated heterocycles. The van der Waals surface area contributed by atoms with E-state index in [0.717, 1.165) is 17.1 Å². The predicted octanol–water partition coefficient (Wildman–Crippen LogP) is 1.03. The molecule has 1 saturated carbocycles. The summed E-state index contributed by atoms with van der Waals surface area (Å²) in [5.41, 5.74) is 1.13. The quantitative estimate of drug-likeness (QED) is 0.871. The van der Waals surface area contributed by atoms with Gasteiger partial charge in [0.1, 0.15) is 0 Å². The van der Waals surface area contributed by atoms with Crippen LogP contribution < -0.4 is 17.7 Å². The lowest BCUT2D eigenvalue weighted by molar-refractivity contribution is -0.00000297. The molecule has 90 valence electrons. The van der Waals surface area contributed by atoms with Gasteiger partial charge < -0.3 is 17.7 Å². The van der Waals surface area contributed by atoms with E-state index in [0.29, 0.717) is 11.1 Å². The first-order valence-corrected chi connectivity index (χ1v) is 6.18. The maximum atomic E-state index is 6.09. The first-order valence-electron chi connectivity index (χ1n) is 5.43. The van der Waals surface area contributed by atoms with E-state index in [9.17, 15) is 0 Å². The maximum Gasteiger partial charge on any atom is 0.0465 e. The van der Waals surface area contributed by atoms with Crippen LogP contribution in [0.3, 0.4) is 0 Å². The van der Waals surface area contributed by atoms with Gasteiger partial charge in [0, 0.05) is 22.6 Å². The van der Waals surface area contributed by atoms with Gasteiger partial charge in [-0.05, 0) is 30.5 Å². The minimum Gasteiger partial charge on any atom is -1.00 e. The Hall–Kier alpha value is 0.0500. The van der Waals surface area contributed by atoms with Gasteiger partial charge in [-0.3, -0.25) is 0 Å². The zero-order valence-corrected chi connectivity index (χ0v) is 11.2. The van der Waals surface area contributed by atoms with E-state index in [1.165, 1.54) is 25.7 Å². The molecule has 0 amide bonds. The van der Waals surface area contributed by atoms with Crippen LogP contribution >= 0.6 is 23.2 Å². The van der Waals surface area contributed by atoms with E-state index in [-0.39, 0.29) is 12.4 Å². The summed E-state index contributed by atoms with van der Waals surface area (Å²) in [5, 5.41) is 4.99. The Morgan fingerprint density at radius 2 is 1.88 bits per heavy atom. The third-order valence-corrected chi connectivity index (χ3v) is 3.54. The number of nitrogens with one attached hydrogen (secondary N) is 1. The second-order valence-electron chi connectivity index (χ2n) is 4.10. The van der Waals surface area contributed by atoms with Crippen molar-refractivity contribution in [2.24, 2.45) is 0 Å². The van der Waals surface area contributed by atoms with Gasteiger partial charge in [0.05, 0.1) is 0 Å². The SMILES string of the molecule is Clc1ccc(CNC2CCCC2)c(Cl)c1.[Cl-]. The van der Waals surface area contributed by atoms with Gasteiger partial charge in [0.25, 0.3) is 0 Å². The molecule has 1 aromatic carbocycles. The third kappa shape index (κ3) is 3.81. The average Bonchev–Trinajstić information content (AvgIpc) is 2.69. The standard InChI is InChI=1S/C12H15Cl2N.ClH/c13-10-6-5-9(12(14)7-10)8-15-11-3-1-2-4-11;/h5-7,11,15H,1-4,8H2;1H/p-1. The fraction of sp³-hybridized carbons (Fsp3) is 0.500. The zero-order valence-electron chi connectivity index (χ0n) is 8.98. The molecule has 1 aliphatic rings. The highest BCUT2D eigenvalue weighted by molar-refractivity contribution is 6.35. The molecule has 1 N–H and O–H groups in total. The predicted molar refractivity (Wildman–Crippen MR) is 65.6 cm³/mol. The molecule has 0 spiro atoms. The van der Waals surface area contributed by atoms with Gasteiger partial charge in [-0.15, -0.1) is 0 Å². The molecule has 0 heterocycles. The van der Waals surface area contributed by atoms with Gasteiger partial charge in [-0.25, -0.2) is 0 Å². The number of benzene rings is 1. The summed E-state index contributed by atoms with van der Waals surface area (Å²) in [6, 6.07) is 6.36.